The molecular weight excluding hydrogens is 268 g/mol. The van der Waals surface area contributed by atoms with E-state index in [1.165, 1.54) is 6.07 Å². The average molecular weight is 286 g/mol. The quantitative estimate of drug-likeness (QED) is 0.881. The Hall–Kier alpha value is -2.14. The second-order valence-electron chi connectivity index (χ2n) is 5.32. The molecule has 5 nitrogen and oxygen atoms in total. The maximum atomic E-state index is 12.3. The highest BCUT2D eigenvalue weighted by Gasteiger charge is 2.18. The summed E-state index contributed by atoms with van der Waals surface area (Å²) in [5.41, 5.74) is 0.252. The van der Waals surface area contributed by atoms with E-state index in [0.717, 1.165) is 32.4 Å². The second-order valence-corrected chi connectivity index (χ2v) is 5.32. The molecule has 1 fully saturated rings. The van der Waals surface area contributed by atoms with E-state index in [1.807, 2.05) is 0 Å². The van der Waals surface area contributed by atoms with E-state index >= 15 is 0 Å². The maximum absolute atomic E-state index is 12.3. The van der Waals surface area contributed by atoms with Crippen LogP contribution in [0.4, 0.5) is 0 Å². The van der Waals surface area contributed by atoms with Crippen LogP contribution in [-0.2, 0) is 0 Å². The predicted octanol–water partition coefficient (Wildman–Crippen LogP) is 1.66. The van der Waals surface area contributed by atoms with Gasteiger partial charge in [0.15, 0.2) is 11.2 Å². The Balaban J connectivity index is 1.82. The first kappa shape index (κ1) is 13.8. The molecule has 0 saturated carbocycles. The van der Waals surface area contributed by atoms with Gasteiger partial charge in [0.25, 0.3) is 5.91 Å². The third-order valence-electron chi connectivity index (χ3n) is 3.77. The van der Waals surface area contributed by atoms with Crippen molar-refractivity contribution < 1.29 is 9.21 Å². The summed E-state index contributed by atoms with van der Waals surface area (Å²) in [5, 5.41) is 6.75. The molecule has 1 atom stereocenters. The number of para-hydroxylation sites is 1. The number of fused-ring (bicyclic) bond motifs is 1. The molecule has 110 valence electrons. The van der Waals surface area contributed by atoms with Crippen molar-refractivity contribution >= 4 is 16.9 Å². The fraction of sp³-hybridized carbons (Fsp3) is 0.375. The lowest BCUT2D eigenvalue weighted by molar-refractivity contribution is 0.0906. The van der Waals surface area contributed by atoms with Crippen molar-refractivity contribution in [1.82, 2.24) is 10.6 Å². The van der Waals surface area contributed by atoms with E-state index in [1.54, 1.807) is 24.3 Å². The fourth-order valence-electron chi connectivity index (χ4n) is 2.64. The summed E-state index contributed by atoms with van der Waals surface area (Å²) in [5.74, 6) is -0.236. The first-order valence-electron chi connectivity index (χ1n) is 7.28. The van der Waals surface area contributed by atoms with Crippen molar-refractivity contribution in [3.05, 3.63) is 46.3 Å². The third kappa shape index (κ3) is 3.13. The van der Waals surface area contributed by atoms with Crippen LogP contribution >= 0.6 is 0 Å². The molecule has 0 spiro atoms. The van der Waals surface area contributed by atoms with Gasteiger partial charge in [0.1, 0.15) is 5.58 Å². The molecule has 1 saturated heterocycles. The number of carbonyl (C=O) groups excluding carboxylic acids is 1. The first-order chi connectivity index (χ1) is 10.2. The van der Waals surface area contributed by atoms with Crippen LogP contribution in [0.5, 0.6) is 0 Å². The summed E-state index contributed by atoms with van der Waals surface area (Å²) in [6, 6.07) is 8.35. The van der Waals surface area contributed by atoms with E-state index in [9.17, 15) is 9.59 Å². The predicted molar refractivity (Wildman–Crippen MR) is 80.5 cm³/mol. The molecule has 3 rings (SSSR count). The standard InChI is InChI=1S/C16H18N2O3/c19-13-10-15(21-14-6-2-1-5-12(13)14)16(20)18-11-4-3-8-17-9-7-11/h1-2,5-6,10-11,17H,3-4,7-9H2,(H,18,20). The molecule has 0 aliphatic carbocycles. The number of rotatable bonds is 2. The minimum Gasteiger partial charge on any atom is -0.451 e. The number of amides is 1. The molecule has 2 aromatic rings. The van der Waals surface area contributed by atoms with E-state index in [0.29, 0.717) is 11.0 Å². The van der Waals surface area contributed by atoms with E-state index in [-0.39, 0.29) is 23.1 Å². The Morgan fingerprint density at radius 2 is 2.10 bits per heavy atom. The molecule has 2 N–H and O–H groups in total. The Morgan fingerprint density at radius 3 is 3.00 bits per heavy atom. The molecule has 21 heavy (non-hydrogen) atoms. The van der Waals surface area contributed by atoms with Crippen LogP contribution in [0.15, 0.2) is 39.5 Å². The SMILES string of the molecule is O=C(NC1CCCNCC1)c1cc(=O)c2ccccc2o1. The molecule has 1 aliphatic heterocycles. The number of carbonyl (C=O) groups is 1. The monoisotopic (exact) mass is 286 g/mol. The maximum Gasteiger partial charge on any atom is 0.287 e. The van der Waals surface area contributed by atoms with Crippen molar-refractivity contribution in [2.45, 2.75) is 25.3 Å². The van der Waals surface area contributed by atoms with Crippen LogP contribution in [0.1, 0.15) is 29.8 Å². The largest absolute Gasteiger partial charge is 0.451 e. The smallest absolute Gasteiger partial charge is 0.287 e. The Morgan fingerprint density at radius 1 is 1.24 bits per heavy atom. The highest BCUT2D eigenvalue weighted by atomic mass is 16.3. The molecule has 5 heteroatoms. The molecule has 1 amide bonds. The fourth-order valence-corrected chi connectivity index (χ4v) is 2.64. The molecular formula is C16H18N2O3. The first-order valence-corrected chi connectivity index (χ1v) is 7.28. The summed E-state index contributed by atoms with van der Waals surface area (Å²) >= 11 is 0. The van der Waals surface area contributed by atoms with Crippen LogP contribution in [0.3, 0.4) is 0 Å². The van der Waals surface area contributed by atoms with E-state index in [2.05, 4.69) is 10.6 Å². The Labute approximate surface area is 122 Å². The topological polar surface area (TPSA) is 71.3 Å². The number of hydrogen-bond acceptors (Lipinski definition) is 4. The van der Waals surface area contributed by atoms with Crippen molar-refractivity contribution in [2.24, 2.45) is 0 Å². The minimum absolute atomic E-state index is 0.0795. The zero-order valence-corrected chi connectivity index (χ0v) is 11.7. The molecule has 0 radical (unpaired) electrons. The van der Waals surface area contributed by atoms with Crippen molar-refractivity contribution in [2.75, 3.05) is 13.1 Å². The molecule has 0 bridgehead atoms. The lowest BCUT2D eigenvalue weighted by Crippen LogP contribution is -2.35. The van der Waals surface area contributed by atoms with Crippen molar-refractivity contribution in [1.29, 1.82) is 0 Å². The van der Waals surface area contributed by atoms with Crippen molar-refractivity contribution in [3.63, 3.8) is 0 Å². The summed E-state index contributed by atoms with van der Waals surface area (Å²) in [7, 11) is 0. The second kappa shape index (κ2) is 6.10. The highest BCUT2D eigenvalue weighted by Crippen LogP contribution is 2.12. The van der Waals surface area contributed by atoms with Crippen molar-refractivity contribution in [3.8, 4) is 0 Å². The van der Waals surface area contributed by atoms with Crippen LogP contribution in [0.2, 0.25) is 0 Å². The zero-order valence-electron chi connectivity index (χ0n) is 11.7. The highest BCUT2D eigenvalue weighted by molar-refractivity contribution is 5.93. The normalized spacial score (nSPS) is 19.1. The zero-order chi connectivity index (χ0) is 14.7. The molecule has 2 heterocycles. The summed E-state index contributed by atoms with van der Waals surface area (Å²) in [6.07, 6.45) is 2.87. The summed E-state index contributed by atoms with van der Waals surface area (Å²) in [6.45, 7) is 1.88. The molecule has 1 aromatic carbocycles. The third-order valence-corrected chi connectivity index (χ3v) is 3.77. The van der Waals surface area contributed by atoms with Gasteiger partial charge in [0.2, 0.25) is 0 Å². The van der Waals surface area contributed by atoms with Gasteiger partial charge in [-0.05, 0) is 44.5 Å². The Kier molecular flexibility index (Phi) is 4.01. The van der Waals surface area contributed by atoms with E-state index < -0.39 is 0 Å². The van der Waals surface area contributed by atoms with Gasteiger partial charge in [-0.25, -0.2) is 0 Å². The van der Waals surface area contributed by atoms with Gasteiger partial charge in [-0.3, -0.25) is 9.59 Å². The van der Waals surface area contributed by atoms with Gasteiger partial charge in [-0.15, -0.1) is 0 Å². The van der Waals surface area contributed by atoms with Gasteiger partial charge in [-0.1, -0.05) is 12.1 Å². The number of benzene rings is 1. The van der Waals surface area contributed by atoms with Gasteiger partial charge in [-0.2, -0.15) is 0 Å². The van der Waals surface area contributed by atoms with Gasteiger partial charge < -0.3 is 15.1 Å². The lowest BCUT2D eigenvalue weighted by atomic mass is 10.1. The van der Waals surface area contributed by atoms with Gasteiger partial charge in [0.05, 0.1) is 5.39 Å². The number of hydrogen-bond donors (Lipinski definition) is 2. The van der Waals surface area contributed by atoms with Crippen LogP contribution in [0.25, 0.3) is 11.0 Å². The van der Waals surface area contributed by atoms with Gasteiger partial charge >= 0.3 is 0 Å². The number of nitrogens with one attached hydrogen (secondary N) is 2. The molecule has 1 unspecified atom stereocenters. The van der Waals surface area contributed by atoms with Crippen LogP contribution in [-0.4, -0.2) is 25.0 Å². The van der Waals surface area contributed by atoms with Crippen LogP contribution < -0.4 is 16.1 Å². The minimum atomic E-state index is -0.315. The summed E-state index contributed by atoms with van der Waals surface area (Å²) in [4.78, 5) is 24.3. The lowest BCUT2D eigenvalue weighted by Gasteiger charge is -2.15. The van der Waals surface area contributed by atoms with E-state index in [4.69, 9.17) is 4.42 Å². The van der Waals surface area contributed by atoms with Gasteiger partial charge in [0, 0.05) is 12.1 Å². The van der Waals surface area contributed by atoms with Crippen LogP contribution in [0, 0.1) is 0 Å². The Bertz CT molecular complexity index is 700. The average Bonchev–Trinajstić information content (AvgIpc) is 2.76. The molecule has 1 aliphatic rings. The molecule has 1 aromatic heterocycles. The summed E-state index contributed by atoms with van der Waals surface area (Å²) < 4.78 is 5.55.